The highest BCUT2D eigenvalue weighted by atomic mass is 16.6. The van der Waals surface area contributed by atoms with Gasteiger partial charge in [-0.3, -0.25) is 0 Å². The standard InChI is InChI=1S/C11H22N2O2/c1-11(2,3)15-10(14)13-9-7-5-6-8-12-4/h8H,5-7,9H2,1-4H3,(H,13,14). The first-order chi connectivity index (χ1) is 6.95. The fourth-order valence-electron chi connectivity index (χ4n) is 0.994. The van der Waals surface area contributed by atoms with Crippen LogP contribution in [0.4, 0.5) is 4.79 Å². The van der Waals surface area contributed by atoms with Crippen molar-refractivity contribution in [3.63, 3.8) is 0 Å². The third-order valence-electron chi connectivity index (χ3n) is 1.61. The number of alkyl carbamates (subject to hydrolysis) is 1. The van der Waals surface area contributed by atoms with Gasteiger partial charge in [0.05, 0.1) is 0 Å². The van der Waals surface area contributed by atoms with Gasteiger partial charge in [0.1, 0.15) is 5.60 Å². The maximum atomic E-state index is 11.2. The van der Waals surface area contributed by atoms with Gasteiger partial charge in [-0.2, -0.15) is 0 Å². The Kier molecular flexibility index (Phi) is 6.75. The summed E-state index contributed by atoms with van der Waals surface area (Å²) < 4.78 is 5.09. The van der Waals surface area contributed by atoms with Gasteiger partial charge >= 0.3 is 6.09 Å². The second kappa shape index (κ2) is 7.26. The fraction of sp³-hybridized carbons (Fsp3) is 0.818. The number of hydrogen-bond acceptors (Lipinski definition) is 3. The second-order valence-electron chi connectivity index (χ2n) is 4.37. The van der Waals surface area contributed by atoms with Crippen LogP contribution in [0.1, 0.15) is 40.0 Å². The maximum absolute atomic E-state index is 11.2. The summed E-state index contributed by atoms with van der Waals surface area (Å²) in [5.41, 5.74) is -0.418. The molecule has 0 aliphatic heterocycles. The summed E-state index contributed by atoms with van der Waals surface area (Å²) in [6.07, 6.45) is 4.49. The van der Waals surface area contributed by atoms with Crippen molar-refractivity contribution in [3.05, 3.63) is 0 Å². The molecule has 0 saturated carbocycles. The van der Waals surface area contributed by atoms with Crippen molar-refractivity contribution in [1.82, 2.24) is 5.32 Å². The van der Waals surface area contributed by atoms with Crippen molar-refractivity contribution in [3.8, 4) is 0 Å². The van der Waals surface area contributed by atoms with Gasteiger partial charge in [0.2, 0.25) is 0 Å². The normalized spacial score (nSPS) is 11.7. The average molecular weight is 214 g/mol. The Balaban J connectivity index is 3.40. The minimum Gasteiger partial charge on any atom is -0.444 e. The van der Waals surface area contributed by atoms with Gasteiger partial charge in [0, 0.05) is 13.6 Å². The summed E-state index contributed by atoms with van der Waals surface area (Å²) in [5.74, 6) is 0. The van der Waals surface area contributed by atoms with E-state index in [1.54, 1.807) is 7.05 Å². The number of hydrogen-bond donors (Lipinski definition) is 1. The third-order valence-corrected chi connectivity index (χ3v) is 1.61. The molecule has 0 aliphatic carbocycles. The lowest BCUT2D eigenvalue weighted by molar-refractivity contribution is 0.0527. The van der Waals surface area contributed by atoms with Crippen LogP contribution in [0.15, 0.2) is 4.99 Å². The number of carbonyl (C=O) groups is 1. The van der Waals surface area contributed by atoms with E-state index < -0.39 is 5.60 Å². The van der Waals surface area contributed by atoms with Crippen LogP contribution in [0.3, 0.4) is 0 Å². The van der Waals surface area contributed by atoms with Crippen LogP contribution < -0.4 is 5.32 Å². The summed E-state index contributed by atoms with van der Waals surface area (Å²) in [5, 5.41) is 2.71. The Labute approximate surface area is 92.1 Å². The predicted octanol–water partition coefficient (Wildman–Crippen LogP) is 2.38. The molecule has 0 bridgehead atoms. The zero-order valence-corrected chi connectivity index (χ0v) is 10.2. The van der Waals surface area contributed by atoms with E-state index >= 15 is 0 Å². The number of nitrogens with one attached hydrogen (secondary N) is 1. The lowest BCUT2D eigenvalue weighted by atomic mass is 10.2. The minimum absolute atomic E-state index is 0.341. The van der Waals surface area contributed by atoms with Crippen LogP contribution in [0, 0.1) is 0 Å². The van der Waals surface area contributed by atoms with Crippen molar-refractivity contribution in [2.75, 3.05) is 13.6 Å². The molecule has 0 atom stereocenters. The van der Waals surface area contributed by atoms with E-state index in [0.29, 0.717) is 6.54 Å². The van der Waals surface area contributed by atoms with Crippen LogP contribution in [0.25, 0.3) is 0 Å². The van der Waals surface area contributed by atoms with Gasteiger partial charge in [-0.05, 0) is 46.2 Å². The molecule has 15 heavy (non-hydrogen) atoms. The Bertz CT molecular complexity index is 207. The first-order valence-electron chi connectivity index (χ1n) is 5.33. The Hall–Kier alpha value is -1.06. The molecule has 0 fully saturated rings. The number of unbranched alkanes of at least 4 members (excludes halogenated alkanes) is 2. The smallest absolute Gasteiger partial charge is 0.407 e. The van der Waals surface area contributed by atoms with Gasteiger partial charge in [0.25, 0.3) is 0 Å². The van der Waals surface area contributed by atoms with Gasteiger partial charge < -0.3 is 15.0 Å². The summed E-state index contributed by atoms with van der Waals surface area (Å²) in [6.45, 7) is 6.21. The summed E-state index contributed by atoms with van der Waals surface area (Å²) in [6, 6.07) is 0. The highest BCUT2D eigenvalue weighted by Crippen LogP contribution is 2.06. The second-order valence-corrected chi connectivity index (χ2v) is 4.37. The molecule has 0 aromatic heterocycles. The first kappa shape index (κ1) is 13.9. The highest BCUT2D eigenvalue weighted by molar-refractivity contribution is 5.67. The number of ether oxygens (including phenoxy) is 1. The highest BCUT2D eigenvalue weighted by Gasteiger charge is 2.15. The average Bonchev–Trinajstić information content (AvgIpc) is 2.08. The fourth-order valence-corrected chi connectivity index (χ4v) is 0.994. The Morgan fingerprint density at radius 2 is 2.07 bits per heavy atom. The van der Waals surface area contributed by atoms with Crippen molar-refractivity contribution >= 4 is 12.3 Å². The van der Waals surface area contributed by atoms with Crippen LogP contribution in [-0.4, -0.2) is 31.5 Å². The van der Waals surface area contributed by atoms with E-state index in [1.165, 1.54) is 0 Å². The lowest BCUT2D eigenvalue weighted by Gasteiger charge is -2.19. The molecule has 4 heteroatoms. The summed E-state index contributed by atoms with van der Waals surface area (Å²) in [7, 11) is 1.76. The third kappa shape index (κ3) is 10.9. The molecule has 88 valence electrons. The van der Waals surface area contributed by atoms with Gasteiger partial charge in [0.15, 0.2) is 0 Å². The van der Waals surface area contributed by atoms with Crippen molar-refractivity contribution in [2.45, 2.75) is 45.6 Å². The minimum atomic E-state index is -0.418. The van der Waals surface area contributed by atoms with Gasteiger partial charge in [-0.25, -0.2) is 4.79 Å². The monoisotopic (exact) mass is 214 g/mol. The molecule has 0 rings (SSSR count). The Morgan fingerprint density at radius 3 is 2.60 bits per heavy atom. The largest absolute Gasteiger partial charge is 0.444 e. The number of aliphatic imine (C=N–C) groups is 1. The zero-order valence-electron chi connectivity index (χ0n) is 10.2. The summed E-state index contributed by atoms with van der Waals surface area (Å²) in [4.78, 5) is 15.1. The first-order valence-corrected chi connectivity index (χ1v) is 5.33. The van der Waals surface area contributed by atoms with Crippen LogP contribution in [0.2, 0.25) is 0 Å². The maximum Gasteiger partial charge on any atom is 0.407 e. The number of amides is 1. The van der Waals surface area contributed by atoms with Crippen molar-refractivity contribution in [2.24, 2.45) is 4.99 Å². The topological polar surface area (TPSA) is 50.7 Å². The molecule has 0 heterocycles. The van der Waals surface area contributed by atoms with Crippen molar-refractivity contribution < 1.29 is 9.53 Å². The van der Waals surface area contributed by atoms with E-state index in [4.69, 9.17) is 4.74 Å². The predicted molar refractivity (Wildman–Crippen MR) is 62.5 cm³/mol. The van der Waals surface area contributed by atoms with Crippen molar-refractivity contribution in [1.29, 1.82) is 0 Å². The van der Waals surface area contributed by atoms with Gasteiger partial charge in [-0.15, -0.1) is 0 Å². The number of rotatable bonds is 5. The molecule has 1 amide bonds. The molecule has 4 nitrogen and oxygen atoms in total. The van der Waals surface area contributed by atoms with Crippen LogP contribution >= 0.6 is 0 Å². The molecule has 0 aromatic carbocycles. The lowest BCUT2D eigenvalue weighted by Crippen LogP contribution is -2.32. The van der Waals surface area contributed by atoms with E-state index in [2.05, 4.69) is 10.3 Å². The molecule has 0 saturated heterocycles. The van der Waals surface area contributed by atoms with E-state index in [1.807, 2.05) is 27.0 Å². The summed E-state index contributed by atoms with van der Waals surface area (Å²) >= 11 is 0. The molecule has 0 aliphatic rings. The molecular formula is C11H22N2O2. The van der Waals surface area contributed by atoms with E-state index in [0.717, 1.165) is 19.3 Å². The van der Waals surface area contributed by atoms with Crippen LogP contribution in [-0.2, 0) is 4.74 Å². The van der Waals surface area contributed by atoms with Gasteiger partial charge in [-0.1, -0.05) is 0 Å². The molecule has 0 radical (unpaired) electrons. The molecular weight excluding hydrogens is 192 g/mol. The quantitative estimate of drug-likeness (QED) is 0.564. The molecule has 1 N–H and O–H groups in total. The number of nitrogens with zero attached hydrogens (tertiary/aromatic N) is 1. The van der Waals surface area contributed by atoms with Crippen LogP contribution in [0.5, 0.6) is 0 Å². The number of carbonyl (C=O) groups excluding carboxylic acids is 1. The molecule has 0 spiro atoms. The Morgan fingerprint density at radius 1 is 1.40 bits per heavy atom. The van der Waals surface area contributed by atoms with E-state index in [-0.39, 0.29) is 6.09 Å². The zero-order chi connectivity index (χ0) is 11.7. The molecule has 0 aromatic rings. The van der Waals surface area contributed by atoms with E-state index in [9.17, 15) is 4.79 Å². The SMILES string of the molecule is CN=CCCCCNC(=O)OC(C)(C)C. The molecule has 0 unspecified atom stereocenters.